The van der Waals surface area contributed by atoms with Crippen LogP contribution in [0.15, 0.2) is 36.7 Å². The van der Waals surface area contributed by atoms with Gasteiger partial charge in [-0.05, 0) is 31.2 Å². The number of H-pyrrole nitrogens is 1. The fourth-order valence-corrected chi connectivity index (χ4v) is 1.77. The molecule has 0 radical (unpaired) electrons. The first kappa shape index (κ1) is 11.3. The lowest BCUT2D eigenvalue weighted by atomic mass is 10.2. The smallest absolute Gasteiger partial charge is 0.258 e. The van der Waals surface area contributed by atoms with E-state index in [4.69, 9.17) is 0 Å². The van der Waals surface area contributed by atoms with Crippen LogP contribution in [0.5, 0.6) is 0 Å². The molecular formula is C13H11N5O. The third-order valence-electron chi connectivity index (χ3n) is 2.72. The molecule has 3 rings (SSSR count). The summed E-state index contributed by atoms with van der Waals surface area (Å²) in [5.41, 5.74) is 2.03. The van der Waals surface area contributed by atoms with Crippen LogP contribution in [0.1, 0.15) is 16.1 Å². The Morgan fingerprint density at radius 2 is 2.21 bits per heavy atom. The molecule has 3 heterocycles. The summed E-state index contributed by atoms with van der Waals surface area (Å²) in [7, 11) is 0. The summed E-state index contributed by atoms with van der Waals surface area (Å²) in [6, 6.07) is 7.15. The fraction of sp³-hybridized carbons (Fsp3) is 0.0769. The first-order valence-electron chi connectivity index (χ1n) is 5.77. The maximum atomic E-state index is 12.0. The van der Waals surface area contributed by atoms with Gasteiger partial charge in [0.15, 0.2) is 11.5 Å². The number of carbonyl (C=O) groups is 1. The van der Waals surface area contributed by atoms with Crippen molar-refractivity contribution in [2.75, 3.05) is 5.32 Å². The quantitative estimate of drug-likeness (QED) is 0.730. The SMILES string of the molecule is Cc1ccc2c(NC(=O)c3cccnc3)n[nH]c2n1. The maximum absolute atomic E-state index is 12.0. The van der Waals surface area contributed by atoms with E-state index in [0.29, 0.717) is 17.0 Å². The van der Waals surface area contributed by atoms with E-state index in [-0.39, 0.29) is 5.91 Å². The van der Waals surface area contributed by atoms with Gasteiger partial charge in [-0.1, -0.05) is 0 Å². The first-order chi connectivity index (χ1) is 9.24. The van der Waals surface area contributed by atoms with E-state index in [9.17, 15) is 4.79 Å². The second-order valence-corrected chi connectivity index (χ2v) is 4.12. The zero-order valence-electron chi connectivity index (χ0n) is 10.2. The van der Waals surface area contributed by atoms with Crippen molar-refractivity contribution < 1.29 is 4.79 Å². The number of hydrogen-bond donors (Lipinski definition) is 2. The topological polar surface area (TPSA) is 83.6 Å². The molecule has 0 aliphatic heterocycles. The third kappa shape index (κ3) is 2.15. The molecule has 3 aromatic heterocycles. The van der Waals surface area contributed by atoms with Crippen LogP contribution in [0.3, 0.4) is 0 Å². The molecule has 0 unspecified atom stereocenters. The van der Waals surface area contributed by atoms with Crippen molar-refractivity contribution in [3.63, 3.8) is 0 Å². The molecule has 94 valence electrons. The van der Waals surface area contributed by atoms with Crippen LogP contribution in [0.2, 0.25) is 0 Å². The monoisotopic (exact) mass is 253 g/mol. The van der Waals surface area contributed by atoms with Gasteiger partial charge in [0.2, 0.25) is 0 Å². The number of aromatic nitrogens is 4. The highest BCUT2D eigenvalue weighted by Crippen LogP contribution is 2.19. The molecule has 0 aromatic carbocycles. The van der Waals surface area contributed by atoms with Crippen LogP contribution in [-0.2, 0) is 0 Å². The van der Waals surface area contributed by atoms with Crippen LogP contribution in [0.25, 0.3) is 11.0 Å². The molecular weight excluding hydrogens is 242 g/mol. The number of hydrogen-bond acceptors (Lipinski definition) is 4. The summed E-state index contributed by atoms with van der Waals surface area (Å²) < 4.78 is 0. The molecule has 6 heteroatoms. The summed E-state index contributed by atoms with van der Waals surface area (Å²) in [5, 5.41) is 10.4. The zero-order valence-corrected chi connectivity index (χ0v) is 10.2. The number of pyridine rings is 2. The average molecular weight is 253 g/mol. The van der Waals surface area contributed by atoms with Gasteiger partial charge in [0.1, 0.15) is 0 Å². The molecule has 6 nitrogen and oxygen atoms in total. The highest BCUT2D eigenvalue weighted by molar-refractivity contribution is 6.07. The van der Waals surface area contributed by atoms with Gasteiger partial charge in [0.05, 0.1) is 10.9 Å². The lowest BCUT2D eigenvalue weighted by Gasteiger charge is -2.01. The molecule has 0 bridgehead atoms. The molecule has 0 spiro atoms. The van der Waals surface area contributed by atoms with Gasteiger partial charge in [-0.15, -0.1) is 0 Å². The van der Waals surface area contributed by atoms with E-state index in [1.165, 1.54) is 6.20 Å². The first-order valence-corrected chi connectivity index (χ1v) is 5.77. The van der Waals surface area contributed by atoms with E-state index in [0.717, 1.165) is 11.1 Å². The van der Waals surface area contributed by atoms with Crippen LogP contribution in [-0.4, -0.2) is 26.1 Å². The molecule has 0 aliphatic rings. The highest BCUT2D eigenvalue weighted by atomic mass is 16.1. The van der Waals surface area contributed by atoms with E-state index in [2.05, 4.69) is 25.5 Å². The van der Waals surface area contributed by atoms with Crippen LogP contribution in [0.4, 0.5) is 5.82 Å². The van der Waals surface area contributed by atoms with Crippen molar-refractivity contribution in [2.45, 2.75) is 6.92 Å². The summed E-state index contributed by atoms with van der Waals surface area (Å²) in [6.45, 7) is 1.90. The standard InChI is InChI=1S/C13H11N5O/c1-8-4-5-10-11(15-8)17-18-12(10)16-13(19)9-3-2-6-14-7-9/h2-7H,1H3,(H2,15,16,17,18,19). The number of fused-ring (bicyclic) bond motifs is 1. The normalized spacial score (nSPS) is 10.6. The van der Waals surface area contributed by atoms with Crippen LogP contribution < -0.4 is 5.32 Å². The lowest BCUT2D eigenvalue weighted by molar-refractivity contribution is 0.102. The van der Waals surface area contributed by atoms with Crippen LogP contribution in [0, 0.1) is 6.92 Å². The number of nitrogens with zero attached hydrogens (tertiary/aromatic N) is 3. The van der Waals surface area contributed by atoms with E-state index in [1.807, 2.05) is 19.1 Å². The van der Waals surface area contributed by atoms with E-state index in [1.54, 1.807) is 18.3 Å². The number of nitrogens with one attached hydrogen (secondary N) is 2. The molecule has 0 aliphatic carbocycles. The van der Waals surface area contributed by atoms with Crippen molar-refractivity contribution in [2.24, 2.45) is 0 Å². The Hall–Kier alpha value is -2.76. The van der Waals surface area contributed by atoms with Gasteiger partial charge in [0, 0.05) is 18.1 Å². The predicted molar refractivity (Wildman–Crippen MR) is 70.8 cm³/mol. The lowest BCUT2D eigenvalue weighted by Crippen LogP contribution is -2.12. The van der Waals surface area contributed by atoms with Gasteiger partial charge < -0.3 is 5.32 Å². The number of aryl methyl sites for hydroxylation is 1. The third-order valence-corrected chi connectivity index (χ3v) is 2.72. The molecule has 19 heavy (non-hydrogen) atoms. The van der Waals surface area contributed by atoms with E-state index < -0.39 is 0 Å². The van der Waals surface area contributed by atoms with Crippen molar-refractivity contribution in [1.29, 1.82) is 0 Å². The number of anilines is 1. The second kappa shape index (κ2) is 4.49. The minimum Gasteiger partial charge on any atom is -0.304 e. The minimum atomic E-state index is -0.248. The van der Waals surface area contributed by atoms with Gasteiger partial charge in [0.25, 0.3) is 5.91 Å². The number of rotatable bonds is 2. The Labute approximate surface area is 108 Å². The van der Waals surface area contributed by atoms with Crippen molar-refractivity contribution in [1.82, 2.24) is 20.2 Å². The van der Waals surface area contributed by atoms with E-state index >= 15 is 0 Å². The number of aromatic amines is 1. The van der Waals surface area contributed by atoms with Gasteiger partial charge in [-0.2, -0.15) is 5.10 Å². The maximum Gasteiger partial charge on any atom is 0.258 e. The molecule has 2 N–H and O–H groups in total. The van der Waals surface area contributed by atoms with Crippen molar-refractivity contribution in [3.8, 4) is 0 Å². The summed E-state index contributed by atoms with van der Waals surface area (Å²) in [5.74, 6) is 0.221. The van der Waals surface area contributed by atoms with Gasteiger partial charge in [-0.25, -0.2) is 4.98 Å². The average Bonchev–Trinajstić information content (AvgIpc) is 2.82. The number of amides is 1. The molecule has 3 aromatic rings. The molecule has 0 atom stereocenters. The highest BCUT2D eigenvalue weighted by Gasteiger charge is 2.11. The Morgan fingerprint density at radius 1 is 1.32 bits per heavy atom. The minimum absolute atomic E-state index is 0.248. The summed E-state index contributed by atoms with van der Waals surface area (Å²) >= 11 is 0. The molecule has 0 fully saturated rings. The largest absolute Gasteiger partial charge is 0.304 e. The predicted octanol–water partition coefficient (Wildman–Crippen LogP) is 1.91. The van der Waals surface area contributed by atoms with Gasteiger partial charge >= 0.3 is 0 Å². The van der Waals surface area contributed by atoms with Crippen LogP contribution >= 0.6 is 0 Å². The van der Waals surface area contributed by atoms with Gasteiger partial charge in [-0.3, -0.25) is 14.9 Å². The van der Waals surface area contributed by atoms with Crippen molar-refractivity contribution >= 4 is 22.8 Å². The fourth-order valence-electron chi connectivity index (χ4n) is 1.77. The molecule has 0 saturated heterocycles. The Balaban J connectivity index is 1.92. The van der Waals surface area contributed by atoms with Crippen molar-refractivity contribution in [3.05, 3.63) is 47.9 Å². The molecule has 1 amide bonds. The summed E-state index contributed by atoms with van der Waals surface area (Å²) in [6.07, 6.45) is 3.12. The molecule has 0 saturated carbocycles. The Morgan fingerprint density at radius 3 is 3.00 bits per heavy atom. The zero-order chi connectivity index (χ0) is 13.2. The number of carbonyl (C=O) groups excluding carboxylic acids is 1. The Bertz CT molecular complexity index is 735. The second-order valence-electron chi connectivity index (χ2n) is 4.12. The summed E-state index contributed by atoms with van der Waals surface area (Å²) in [4.78, 5) is 20.2. The Kier molecular flexibility index (Phi) is 2.68.